The summed E-state index contributed by atoms with van der Waals surface area (Å²) in [4.78, 5) is 0. The number of methoxy groups -OCH3 is 1. The Hall–Kier alpha value is -0.860. The second-order valence-electron chi connectivity index (χ2n) is 5.78. The molecule has 0 saturated heterocycles. The van der Waals surface area contributed by atoms with Crippen molar-refractivity contribution >= 4 is 0 Å². The molecule has 1 N–H and O–H groups in total. The number of benzene rings is 1. The van der Waals surface area contributed by atoms with Gasteiger partial charge in [-0.1, -0.05) is 24.3 Å². The van der Waals surface area contributed by atoms with Gasteiger partial charge in [0.25, 0.3) is 0 Å². The van der Waals surface area contributed by atoms with Crippen LogP contribution in [0.2, 0.25) is 0 Å². The van der Waals surface area contributed by atoms with Crippen molar-refractivity contribution in [1.29, 1.82) is 0 Å². The molecular weight excluding hydrogens is 222 g/mol. The van der Waals surface area contributed by atoms with Gasteiger partial charge in [0.05, 0.1) is 6.61 Å². The number of ether oxygens (including phenoxy) is 1. The Balaban J connectivity index is 1.61. The molecule has 0 bridgehead atoms. The maximum atomic E-state index is 5.27. The van der Waals surface area contributed by atoms with E-state index in [4.69, 9.17) is 4.74 Å². The van der Waals surface area contributed by atoms with Gasteiger partial charge in [-0.2, -0.15) is 0 Å². The molecule has 2 aliphatic carbocycles. The quantitative estimate of drug-likeness (QED) is 0.797. The number of hydrogen-bond donors (Lipinski definition) is 1. The summed E-state index contributed by atoms with van der Waals surface area (Å²) in [6.07, 6.45) is 5.75. The van der Waals surface area contributed by atoms with Crippen LogP contribution in [0.5, 0.6) is 0 Å². The van der Waals surface area contributed by atoms with Gasteiger partial charge in [0.15, 0.2) is 0 Å². The Morgan fingerprint density at radius 2 is 1.72 bits per heavy atom. The summed E-state index contributed by atoms with van der Waals surface area (Å²) >= 11 is 0. The maximum absolute atomic E-state index is 5.27. The van der Waals surface area contributed by atoms with Crippen LogP contribution in [0.3, 0.4) is 0 Å². The van der Waals surface area contributed by atoms with Gasteiger partial charge in [-0.15, -0.1) is 0 Å². The molecule has 0 heterocycles. The highest BCUT2D eigenvalue weighted by atomic mass is 16.5. The second-order valence-corrected chi connectivity index (χ2v) is 5.78. The SMILES string of the molecule is COCc1ccccc1CNC(C1CC1)C1CC1. The van der Waals surface area contributed by atoms with Crippen LogP contribution in [-0.2, 0) is 17.9 Å². The highest BCUT2D eigenvalue weighted by Crippen LogP contribution is 2.44. The van der Waals surface area contributed by atoms with E-state index in [1.54, 1.807) is 7.11 Å². The van der Waals surface area contributed by atoms with Crippen molar-refractivity contribution in [2.45, 2.75) is 44.9 Å². The van der Waals surface area contributed by atoms with E-state index in [9.17, 15) is 0 Å². The van der Waals surface area contributed by atoms with E-state index in [0.29, 0.717) is 0 Å². The highest BCUT2D eigenvalue weighted by molar-refractivity contribution is 5.26. The monoisotopic (exact) mass is 245 g/mol. The van der Waals surface area contributed by atoms with Gasteiger partial charge < -0.3 is 10.1 Å². The number of rotatable bonds is 7. The molecular formula is C16H23NO. The van der Waals surface area contributed by atoms with Gasteiger partial charge in [0.2, 0.25) is 0 Å². The van der Waals surface area contributed by atoms with Crippen LogP contribution in [0.25, 0.3) is 0 Å². The summed E-state index contributed by atoms with van der Waals surface area (Å²) in [5.74, 6) is 1.93. The lowest BCUT2D eigenvalue weighted by Crippen LogP contribution is -2.32. The highest BCUT2D eigenvalue weighted by Gasteiger charge is 2.40. The van der Waals surface area contributed by atoms with Gasteiger partial charge in [0, 0.05) is 19.7 Å². The Morgan fingerprint density at radius 1 is 1.11 bits per heavy atom. The topological polar surface area (TPSA) is 21.3 Å². The van der Waals surface area contributed by atoms with Gasteiger partial charge >= 0.3 is 0 Å². The lowest BCUT2D eigenvalue weighted by atomic mass is 10.0. The van der Waals surface area contributed by atoms with Gasteiger partial charge in [-0.05, 0) is 48.6 Å². The Labute approximate surface area is 110 Å². The predicted octanol–water partition coefficient (Wildman–Crippen LogP) is 3.11. The Bertz CT molecular complexity index is 384. The molecule has 3 rings (SSSR count). The number of hydrogen-bond acceptors (Lipinski definition) is 2. The first kappa shape index (κ1) is 12.2. The lowest BCUT2D eigenvalue weighted by molar-refractivity contribution is 0.184. The van der Waals surface area contributed by atoms with Crippen LogP contribution >= 0.6 is 0 Å². The minimum atomic E-state index is 0.718. The summed E-state index contributed by atoms with van der Waals surface area (Å²) < 4.78 is 5.27. The fraction of sp³-hybridized carbons (Fsp3) is 0.625. The molecule has 2 aliphatic rings. The van der Waals surface area contributed by atoms with Gasteiger partial charge in [-0.3, -0.25) is 0 Å². The minimum absolute atomic E-state index is 0.718. The minimum Gasteiger partial charge on any atom is -0.380 e. The van der Waals surface area contributed by atoms with Crippen LogP contribution < -0.4 is 5.32 Å². The zero-order chi connectivity index (χ0) is 12.4. The summed E-state index contributed by atoms with van der Waals surface area (Å²) in [6, 6.07) is 9.39. The molecule has 2 saturated carbocycles. The molecule has 2 heteroatoms. The van der Waals surface area contributed by atoms with Crippen LogP contribution in [-0.4, -0.2) is 13.2 Å². The normalized spacial score (nSPS) is 19.4. The largest absolute Gasteiger partial charge is 0.380 e. The fourth-order valence-corrected chi connectivity index (χ4v) is 2.88. The van der Waals surface area contributed by atoms with Crippen molar-refractivity contribution in [3.63, 3.8) is 0 Å². The van der Waals surface area contributed by atoms with E-state index in [0.717, 1.165) is 31.0 Å². The lowest BCUT2D eigenvalue weighted by Gasteiger charge is -2.19. The van der Waals surface area contributed by atoms with Crippen molar-refractivity contribution in [3.8, 4) is 0 Å². The summed E-state index contributed by atoms with van der Waals surface area (Å²) in [7, 11) is 1.77. The molecule has 1 aromatic rings. The molecule has 18 heavy (non-hydrogen) atoms. The molecule has 0 atom stereocenters. The molecule has 98 valence electrons. The molecule has 0 radical (unpaired) electrons. The first-order valence-corrected chi connectivity index (χ1v) is 7.17. The first-order valence-electron chi connectivity index (χ1n) is 7.17. The average molecular weight is 245 g/mol. The van der Waals surface area contributed by atoms with Gasteiger partial charge in [-0.25, -0.2) is 0 Å². The smallest absolute Gasteiger partial charge is 0.0716 e. The van der Waals surface area contributed by atoms with Crippen molar-refractivity contribution in [2.75, 3.05) is 7.11 Å². The van der Waals surface area contributed by atoms with Crippen molar-refractivity contribution in [3.05, 3.63) is 35.4 Å². The van der Waals surface area contributed by atoms with Crippen molar-refractivity contribution in [1.82, 2.24) is 5.32 Å². The van der Waals surface area contributed by atoms with E-state index in [1.807, 2.05) is 0 Å². The van der Waals surface area contributed by atoms with E-state index in [1.165, 1.54) is 36.8 Å². The van der Waals surface area contributed by atoms with Gasteiger partial charge in [0.1, 0.15) is 0 Å². The molecule has 0 aromatic heterocycles. The second kappa shape index (κ2) is 5.41. The maximum Gasteiger partial charge on any atom is 0.0716 e. The first-order chi connectivity index (χ1) is 8.88. The predicted molar refractivity (Wildman–Crippen MR) is 73.2 cm³/mol. The summed E-state index contributed by atoms with van der Waals surface area (Å²) in [5.41, 5.74) is 2.71. The van der Waals surface area contributed by atoms with Crippen LogP contribution in [0.1, 0.15) is 36.8 Å². The molecule has 0 aliphatic heterocycles. The molecule has 2 fully saturated rings. The summed E-state index contributed by atoms with van der Waals surface area (Å²) in [6.45, 7) is 1.71. The third-order valence-corrected chi connectivity index (χ3v) is 4.21. The zero-order valence-electron chi connectivity index (χ0n) is 11.2. The van der Waals surface area contributed by atoms with Crippen molar-refractivity contribution < 1.29 is 4.74 Å². The Kier molecular flexibility index (Phi) is 3.67. The molecule has 2 nitrogen and oxygen atoms in total. The van der Waals surface area contributed by atoms with Crippen LogP contribution in [0.15, 0.2) is 24.3 Å². The molecule has 0 amide bonds. The van der Waals surface area contributed by atoms with E-state index >= 15 is 0 Å². The third-order valence-electron chi connectivity index (χ3n) is 4.21. The third kappa shape index (κ3) is 2.93. The zero-order valence-corrected chi connectivity index (χ0v) is 11.2. The summed E-state index contributed by atoms with van der Waals surface area (Å²) in [5, 5.41) is 3.80. The fourth-order valence-electron chi connectivity index (χ4n) is 2.88. The van der Waals surface area contributed by atoms with Crippen LogP contribution in [0, 0.1) is 11.8 Å². The standard InChI is InChI=1S/C16H23NO/c1-18-11-15-5-3-2-4-14(15)10-17-16(12-6-7-12)13-8-9-13/h2-5,12-13,16-17H,6-11H2,1H3. The Morgan fingerprint density at radius 3 is 2.28 bits per heavy atom. The molecule has 1 aromatic carbocycles. The van der Waals surface area contributed by atoms with E-state index in [2.05, 4.69) is 29.6 Å². The number of nitrogens with one attached hydrogen (secondary N) is 1. The molecule has 0 spiro atoms. The van der Waals surface area contributed by atoms with E-state index in [-0.39, 0.29) is 0 Å². The molecule has 0 unspecified atom stereocenters. The average Bonchev–Trinajstić information content (AvgIpc) is 3.26. The van der Waals surface area contributed by atoms with E-state index < -0.39 is 0 Å². The van der Waals surface area contributed by atoms with Crippen molar-refractivity contribution in [2.24, 2.45) is 11.8 Å². The van der Waals surface area contributed by atoms with Crippen LogP contribution in [0.4, 0.5) is 0 Å².